The van der Waals surface area contributed by atoms with Crippen LogP contribution in [0.2, 0.25) is 5.02 Å². The van der Waals surface area contributed by atoms with E-state index >= 15 is 0 Å². The predicted octanol–water partition coefficient (Wildman–Crippen LogP) is 2.53. The molecule has 2 aromatic heterocycles. The molecule has 0 spiro atoms. The number of benzene rings is 1. The zero-order valence-corrected chi connectivity index (χ0v) is 19.1. The van der Waals surface area contributed by atoms with Gasteiger partial charge in [0.15, 0.2) is 0 Å². The Kier molecular flexibility index (Phi) is 6.52. The molecule has 168 valence electrons. The summed E-state index contributed by atoms with van der Waals surface area (Å²) in [5.41, 5.74) is 1.84. The first-order valence-electron chi connectivity index (χ1n) is 10.5. The first-order valence-corrected chi connectivity index (χ1v) is 10.9. The second-order valence-electron chi connectivity index (χ2n) is 7.50. The highest BCUT2D eigenvalue weighted by atomic mass is 35.5. The smallest absolute Gasteiger partial charge is 0.274 e. The number of hydrogen-bond acceptors (Lipinski definition) is 8. The number of aryl methyl sites for hydroxylation is 2. The highest BCUT2D eigenvalue weighted by molar-refractivity contribution is 6.34. The van der Waals surface area contributed by atoms with E-state index in [1.807, 2.05) is 26.0 Å². The van der Waals surface area contributed by atoms with Crippen molar-refractivity contribution in [2.45, 2.75) is 20.3 Å². The molecule has 1 saturated heterocycles. The SMILES string of the molecule is CCc1nc(Nc2ncc(C(=O)Nc3c(C)cccc3Cl)n2C)nc(N2CCNCC2)n1. The second-order valence-corrected chi connectivity index (χ2v) is 7.91. The molecular weight excluding hydrogens is 430 g/mol. The molecule has 0 radical (unpaired) electrons. The van der Waals surface area contributed by atoms with Crippen molar-refractivity contribution in [1.82, 2.24) is 29.8 Å². The first-order chi connectivity index (χ1) is 15.5. The summed E-state index contributed by atoms with van der Waals surface area (Å²) in [6, 6.07) is 5.47. The number of nitrogens with one attached hydrogen (secondary N) is 3. The lowest BCUT2D eigenvalue weighted by Gasteiger charge is -2.27. The first kappa shape index (κ1) is 22.0. The van der Waals surface area contributed by atoms with Gasteiger partial charge in [0.25, 0.3) is 5.91 Å². The van der Waals surface area contributed by atoms with Crippen molar-refractivity contribution < 1.29 is 4.79 Å². The Bertz CT molecular complexity index is 1100. The quantitative estimate of drug-likeness (QED) is 0.519. The topological polar surface area (TPSA) is 113 Å². The molecule has 1 aromatic carbocycles. The fourth-order valence-corrected chi connectivity index (χ4v) is 3.70. The van der Waals surface area contributed by atoms with Crippen LogP contribution in [0.15, 0.2) is 24.4 Å². The Morgan fingerprint density at radius 2 is 2.00 bits per heavy atom. The maximum Gasteiger partial charge on any atom is 0.274 e. The maximum atomic E-state index is 12.9. The van der Waals surface area contributed by atoms with Gasteiger partial charge in [0, 0.05) is 39.6 Å². The van der Waals surface area contributed by atoms with Crippen molar-refractivity contribution >= 4 is 41.0 Å². The van der Waals surface area contributed by atoms with E-state index in [1.165, 1.54) is 6.20 Å². The third-order valence-electron chi connectivity index (χ3n) is 5.29. The molecule has 0 saturated carbocycles. The van der Waals surface area contributed by atoms with Gasteiger partial charge in [0.1, 0.15) is 11.5 Å². The lowest BCUT2D eigenvalue weighted by atomic mass is 10.2. The van der Waals surface area contributed by atoms with Crippen molar-refractivity contribution in [1.29, 1.82) is 0 Å². The van der Waals surface area contributed by atoms with E-state index in [2.05, 4.69) is 40.8 Å². The Hall–Kier alpha value is -3.24. The molecule has 0 aliphatic carbocycles. The number of aromatic nitrogens is 5. The van der Waals surface area contributed by atoms with Crippen molar-refractivity contribution in [3.05, 3.63) is 46.5 Å². The fourth-order valence-electron chi connectivity index (χ4n) is 3.43. The van der Waals surface area contributed by atoms with Crippen LogP contribution in [0.1, 0.15) is 28.8 Å². The summed E-state index contributed by atoms with van der Waals surface area (Å²) in [5, 5.41) is 9.81. The standard InChI is InChI=1S/C21H26ClN9O/c1-4-16-25-19(29-21(26-16)31-10-8-23-9-11-31)28-20-24-12-15(30(20)3)18(32)27-17-13(2)6-5-7-14(17)22/h5-7,12,23H,4,8-11H2,1-3H3,(H,27,32)(H,24,25,26,28,29). The number of para-hydroxylation sites is 1. The van der Waals surface area contributed by atoms with Gasteiger partial charge in [-0.1, -0.05) is 30.7 Å². The van der Waals surface area contributed by atoms with Gasteiger partial charge in [-0.2, -0.15) is 15.0 Å². The highest BCUT2D eigenvalue weighted by Gasteiger charge is 2.19. The van der Waals surface area contributed by atoms with Crippen LogP contribution in [0, 0.1) is 6.92 Å². The molecule has 3 heterocycles. The van der Waals surface area contributed by atoms with Gasteiger partial charge < -0.3 is 20.1 Å². The molecule has 4 rings (SSSR count). The number of imidazole rings is 1. The predicted molar refractivity (Wildman–Crippen MR) is 125 cm³/mol. The molecule has 3 N–H and O–H groups in total. The normalized spacial score (nSPS) is 13.8. The van der Waals surface area contributed by atoms with Crippen LogP contribution in [-0.2, 0) is 13.5 Å². The van der Waals surface area contributed by atoms with Crippen LogP contribution in [0.5, 0.6) is 0 Å². The van der Waals surface area contributed by atoms with Gasteiger partial charge in [-0.3, -0.25) is 10.1 Å². The van der Waals surface area contributed by atoms with Gasteiger partial charge in [0.05, 0.1) is 16.9 Å². The van der Waals surface area contributed by atoms with Crippen LogP contribution < -0.4 is 20.9 Å². The highest BCUT2D eigenvalue weighted by Crippen LogP contribution is 2.26. The van der Waals surface area contributed by atoms with Gasteiger partial charge >= 0.3 is 0 Å². The summed E-state index contributed by atoms with van der Waals surface area (Å²) in [6.45, 7) is 7.33. The molecule has 10 nitrogen and oxygen atoms in total. The minimum atomic E-state index is -0.310. The van der Waals surface area contributed by atoms with Crippen molar-refractivity contribution in [2.75, 3.05) is 41.7 Å². The average Bonchev–Trinajstić information content (AvgIpc) is 3.16. The zero-order chi connectivity index (χ0) is 22.7. The minimum absolute atomic E-state index is 0.310. The molecule has 0 bridgehead atoms. The van der Waals surface area contributed by atoms with E-state index in [4.69, 9.17) is 11.6 Å². The molecule has 11 heteroatoms. The summed E-state index contributed by atoms with van der Waals surface area (Å²) in [6.07, 6.45) is 2.19. The van der Waals surface area contributed by atoms with Crippen LogP contribution in [0.4, 0.5) is 23.5 Å². The van der Waals surface area contributed by atoms with E-state index in [1.54, 1.807) is 17.7 Å². The van der Waals surface area contributed by atoms with Gasteiger partial charge in [-0.25, -0.2) is 4.98 Å². The van der Waals surface area contributed by atoms with Crippen LogP contribution in [0.25, 0.3) is 0 Å². The minimum Gasteiger partial charge on any atom is -0.338 e. The van der Waals surface area contributed by atoms with Gasteiger partial charge in [0.2, 0.25) is 17.8 Å². The average molecular weight is 456 g/mol. The number of carbonyl (C=O) groups excluding carboxylic acids is 1. The summed E-state index contributed by atoms with van der Waals surface area (Å²) >= 11 is 6.24. The molecule has 1 fully saturated rings. The molecule has 3 aromatic rings. The summed E-state index contributed by atoms with van der Waals surface area (Å²) in [7, 11) is 1.75. The zero-order valence-electron chi connectivity index (χ0n) is 18.3. The van der Waals surface area contributed by atoms with E-state index in [9.17, 15) is 4.79 Å². The Morgan fingerprint density at radius 3 is 2.72 bits per heavy atom. The van der Waals surface area contributed by atoms with E-state index in [0.717, 1.165) is 31.7 Å². The molecule has 1 amide bonds. The number of anilines is 4. The number of hydrogen-bond donors (Lipinski definition) is 3. The fraction of sp³-hybridized carbons (Fsp3) is 0.381. The van der Waals surface area contributed by atoms with Crippen LogP contribution in [-0.4, -0.2) is 56.6 Å². The molecule has 0 atom stereocenters. The number of carbonyl (C=O) groups is 1. The Balaban J connectivity index is 1.55. The van der Waals surface area contributed by atoms with E-state index in [0.29, 0.717) is 46.5 Å². The largest absolute Gasteiger partial charge is 0.338 e. The molecule has 1 aliphatic rings. The molecule has 1 aliphatic heterocycles. The maximum absolute atomic E-state index is 12.9. The third kappa shape index (κ3) is 4.66. The summed E-state index contributed by atoms with van der Waals surface area (Å²) in [4.78, 5) is 33.0. The van der Waals surface area contributed by atoms with Gasteiger partial charge in [-0.05, 0) is 18.6 Å². The lowest BCUT2D eigenvalue weighted by molar-refractivity contribution is 0.101. The van der Waals surface area contributed by atoms with E-state index in [-0.39, 0.29) is 5.91 Å². The monoisotopic (exact) mass is 455 g/mol. The lowest BCUT2D eigenvalue weighted by Crippen LogP contribution is -2.44. The van der Waals surface area contributed by atoms with Crippen molar-refractivity contribution in [2.24, 2.45) is 7.05 Å². The molecular formula is C21H26ClN9O. The Morgan fingerprint density at radius 1 is 1.22 bits per heavy atom. The number of rotatable bonds is 6. The third-order valence-corrected chi connectivity index (χ3v) is 5.61. The van der Waals surface area contributed by atoms with Gasteiger partial charge in [-0.15, -0.1) is 0 Å². The Labute approximate surface area is 191 Å². The van der Waals surface area contributed by atoms with E-state index < -0.39 is 0 Å². The molecule has 32 heavy (non-hydrogen) atoms. The number of nitrogens with zero attached hydrogens (tertiary/aromatic N) is 6. The summed E-state index contributed by atoms with van der Waals surface area (Å²) < 4.78 is 1.65. The van der Waals surface area contributed by atoms with Crippen molar-refractivity contribution in [3.63, 3.8) is 0 Å². The summed E-state index contributed by atoms with van der Waals surface area (Å²) in [5.74, 6) is 1.87. The van der Waals surface area contributed by atoms with Crippen LogP contribution >= 0.6 is 11.6 Å². The van der Waals surface area contributed by atoms with Crippen LogP contribution in [0.3, 0.4) is 0 Å². The second kappa shape index (κ2) is 9.49. The number of piperazine rings is 1. The number of amides is 1. The molecule has 0 unspecified atom stereocenters. The number of halogens is 1. The van der Waals surface area contributed by atoms with Crippen molar-refractivity contribution in [3.8, 4) is 0 Å².